The number of carboxylic acids is 1. The Labute approximate surface area is 115 Å². The highest BCUT2D eigenvalue weighted by Crippen LogP contribution is 2.33. The molecule has 0 amide bonds. The zero-order valence-electron chi connectivity index (χ0n) is 12.2. The van der Waals surface area contributed by atoms with Crippen molar-refractivity contribution < 1.29 is 9.90 Å². The van der Waals surface area contributed by atoms with Gasteiger partial charge < -0.3 is 10.0 Å². The van der Waals surface area contributed by atoms with Crippen LogP contribution in [0.2, 0.25) is 0 Å². The second-order valence-electron chi connectivity index (χ2n) is 6.64. The predicted molar refractivity (Wildman–Crippen MR) is 76.5 cm³/mol. The Morgan fingerprint density at radius 3 is 2.26 bits per heavy atom. The SMILES string of the molecule is CN1C[C@@H](C(=O)O)[C@H](c2ccc(C(C)(C)C)cc2)C1. The fraction of sp³-hybridized carbons (Fsp3) is 0.562. The molecule has 3 nitrogen and oxygen atoms in total. The van der Waals surface area contributed by atoms with Gasteiger partial charge in [-0.05, 0) is 23.6 Å². The largest absolute Gasteiger partial charge is 0.481 e. The van der Waals surface area contributed by atoms with Crippen LogP contribution in [0.3, 0.4) is 0 Å². The molecule has 1 aromatic rings. The van der Waals surface area contributed by atoms with Gasteiger partial charge in [0, 0.05) is 19.0 Å². The molecule has 0 bridgehead atoms. The van der Waals surface area contributed by atoms with Crippen molar-refractivity contribution in [1.82, 2.24) is 4.90 Å². The van der Waals surface area contributed by atoms with Gasteiger partial charge in [0.05, 0.1) is 5.92 Å². The van der Waals surface area contributed by atoms with Crippen LogP contribution >= 0.6 is 0 Å². The van der Waals surface area contributed by atoms with E-state index in [9.17, 15) is 9.90 Å². The average Bonchev–Trinajstić information content (AvgIpc) is 2.70. The van der Waals surface area contributed by atoms with Gasteiger partial charge in [0.2, 0.25) is 0 Å². The standard InChI is InChI=1S/C16H23NO2/c1-16(2,3)12-7-5-11(6-8-12)13-9-17(4)10-14(13)15(18)19/h5-8,13-14H,9-10H2,1-4H3,(H,18,19)/t13-,14+/m0/s1. The normalized spacial score (nSPS) is 24.6. The number of hydrogen-bond donors (Lipinski definition) is 1. The van der Waals surface area contributed by atoms with Gasteiger partial charge in [0.1, 0.15) is 0 Å². The third kappa shape index (κ3) is 2.98. The summed E-state index contributed by atoms with van der Waals surface area (Å²) in [4.78, 5) is 13.4. The number of likely N-dealkylation sites (N-methyl/N-ethyl adjacent to an activating group) is 1. The lowest BCUT2D eigenvalue weighted by Crippen LogP contribution is -2.21. The van der Waals surface area contributed by atoms with Gasteiger partial charge in [-0.2, -0.15) is 0 Å². The minimum atomic E-state index is -0.686. The van der Waals surface area contributed by atoms with Crippen LogP contribution in [0.15, 0.2) is 24.3 Å². The molecule has 1 aromatic carbocycles. The summed E-state index contributed by atoms with van der Waals surface area (Å²) in [6, 6.07) is 8.46. The molecule has 19 heavy (non-hydrogen) atoms. The van der Waals surface area contributed by atoms with Crippen molar-refractivity contribution in [3.05, 3.63) is 35.4 Å². The van der Waals surface area contributed by atoms with Crippen molar-refractivity contribution >= 4 is 5.97 Å². The zero-order valence-corrected chi connectivity index (χ0v) is 12.2. The molecule has 3 heteroatoms. The minimum absolute atomic E-state index is 0.108. The van der Waals surface area contributed by atoms with E-state index in [4.69, 9.17) is 0 Å². The molecule has 0 unspecified atom stereocenters. The van der Waals surface area contributed by atoms with Crippen LogP contribution in [0.4, 0.5) is 0 Å². The molecule has 2 atom stereocenters. The number of benzene rings is 1. The number of nitrogens with zero attached hydrogens (tertiary/aromatic N) is 1. The van der Waals surface area contributed by atoms with Crippen molar-refractivity contribution in [3.63, 3.8) is 0 Å². The maximum Gasteiger partial charge on any atom is 0.308 e. The highest BCUT2D eigenvalue weighted by atomic mass is 16.4. The zero-order chi connectivity index (χ0) is 14.2. The van der Waals surface area contributed by atoms with Gasteiger partial charge in [0.25, 0.3) is 0 Å². The minimum Gasteiger partial charge on any atom is -0.481 e. The van der Waals surface area contributed by atoms with E-state index in [1.165, 1.54) is 5.56 Å². The van der Waals surface area contributed by atoms with Crippen molar-refractivity contribution in [1.29, 1.82) is 0 Å². The highest BCUT2D eigenvalue weighted by molar-refractivity contribution is 5.72. The Hall–Kier alpha value is -1.35. The van der Waals surface area contributed by atoms with Gasteiger partial charge in [-0.3, -0.25) is 4.79 Å². The summed E-state index contributed by atoms with van der Waals surface area (Å²) in [5.41, 5.74) is 2.57. The van der Waals surface area contributed by atoms with Crippen LogP contribution in [0.1, 0.15) is 37.8 Å². The second kappa shape index (κ2) is 4.97. The van der Waals surface area contributed by atoms with Crippen LogP contribution in [0.5, 0.6) is 0 Å². The molecule has 0 aliphatic carbocycles. The molecule has 104 valence electrons. The summed E-state index contributed by atoms with van der Waals surface area (Å²) in [7, 11) is 1.99. The van der Waals surface area contributed by atoms with E-state index in [0.717, 1.165) is 12.1 Å². The predicted octanol–water partition coefficient (Wildman–Crippen LogP) is 2.71. The number of aliphatic carboxylic acids is 1. The van der Waals surface area contributed by atoms with Crippen molar-refractivity contribution in [2.75, 3.05) is 20.1 Å². The Morgan fingerprint density at radius 1 is 1.21 bits per heavy atom. The summed E-state index contributed by atoms with van der Waals surface area (Å²) in [6.45, 7) is 8.02. The Balaban J connectivity index is 2.24. The number of carbonyl (C=O) groups is 1. The smallest absolute Gasteiger partial charge is 0.308 e. The third-order valence-electron chi connectivity index (χ3n) is 4.02. The van der Waals surface area contributed by atoms with Crippen LogP contribution in [0.25, 0.3) is 0 Å². The first-order chi connectivity index (χ1) is 8.79. The number of rotatable bonds is 2. The first kappa shape index (κ1) is 14.1. The first-order valence-electron chi connectivity index (χ1n) is 6.81. The van der Waals surface area contributed by atoms with Gasteiger partial charge in [0.15, 0.2) is 0 Å². The fourth-order valence-electron chi connectivity index (χ4n) is 2.82. The van der Waals surface area contributed by atoms with Crippen LogP contribution in [0, 0.1) is 5.92 Å². The Morgan fingerprint density at radius 2 is 1.79 bits per heavy atom. The number of carboxylic acid groups (broad SMARTS) is 1. The van der Waals surface area contributed by atoms with Crippen molar-refractivity contribution in [2.45, 2.75) is 32.1 Å². The topological polar surface area (TPSA) is 40.5 Å². The second-order valence-corrected chi connectivity index (χ2v) is 6.64. The quantitative estimate of drug-likeness (QED) is 0.890. The third-order valence-corrected chi connectivity index (χ3v) is 4.02. The monoisotopic (exact) mass is 261 g/mol. The Kier molecular flexibility index (Phi) is 3.68. The van der Waals surface area contributed by atoms with Gasteiger partial charge >= 0.3 is 5.97 Å². The molecule has 1 aliphatic rings. The maximum atomic E-state index is 11.3. The molecule has 0 spiro atoms. The summed E-state index contributed by atoms with van der Waals surface area (Å²) in [6.07, 6.45) is 0. The maximum absolute atomic E-state index is 11.3. The van der Waals surface area contributed by atoms with E-state index >= 15 is 0 Å². The molecule has 0 aromatic heterocycles. The highest BCUT2D eigenvalue weighted by Gasteiger charge is 2.36. The molecule has 1 saturated heterocycles. The lowest BCUT2D eigenvalue weighted by molar-refractivity contribution is -0.141. The molecular formula is C16H23NO2. The van der Waals surface area contributed by atoms with Gasteiger partial charge in [-0.1, -0.05) is 45.0 Å². The van der Waals surface area contributed by atoms with E-state index in [1.54, 1.807) is 0 Å². The molecule has 1 N–H and O–H groups in total. The average molecular weight is 261 g/mol. The van der Waals surface area contributed by atoms with E-state index in [0.29, 0.717) is 6.54 Å². The summed E-state index contributed by atoms with van der Waals surface area (Å²) in [5.74, 6) is -0.865. The first-order valence-corrected chi connectivity index (χ1v) is 6.81. The molecule has 2 rings (SSSR count). The lowest BCUT2D eigenvalue weighted by atomic mass is 9.83. The van der Waals surface area contributed by atoms with E-state index < -0.39 is 5.97 Å². The molecule has 0 radical (unpaired) electrons. The summed E-state index contributed by atoms with van der Waals surface area (Å²) >= 11 is 0. The molecule has 1 aliphatic heterocycles. The molecule has 1 heterocycles. The van der Waals surface area contributed by atoms with Gasteiger partial charge in [-0.15, -0.1) is 0 Å². The van der Waals surface area contributed by atoms with Crippen molar-refractivity contribution in [2.24, 2.45) is 5.92 Å². The number of likely N-dealkylation sites (tertiary alicyclic amines) is 1. The van der Waals surface area contributed by atoms with E-state index in [2.05, 4.69) is 49.9 Å². The van der Waals surface area contributed by atoms with Crippen LogP contribution in [-0.4, -0.2) is 36.1 Å². The van der Waals surface area contributed by atoms with Crippen LogP contribution in [-0.2, 0) is 10.2 Å². The molecule has 1 fully saturated rings. The van der Waals surface area contributed by atoms with Gasteiger partial charge in [-0.25, -0.2) is 0 Å². The summed E-state index contributed by atoms with van der Waals surface area (Å²) in [5, 5.41) is 9.32. The lowest BCUT2D eigenvalue weighted by Gasteiger charge is -2.21. The van der Waals surface area contributed by atoms with Crippen molar-refractivity contribution in [3.8, 4) is 0 Å². The fourth-order valence-corrected chi connectivity index (χ4v) is 2.82. The van der Waals surface area contributed by atoms with E-state index in [-0.39, 0.29) is 17.3 Å². The molecular weight excluding hydrogens is 238 g/mol. The number of hydrogen-bond acceptors (Lipinski definition) is 2. The summed E-state index contributed by atoms with van der Waals surface area (Å²) < 4.78 is 0. The molecule has 0 saturated carbocycles. The van der Waals surface area contributed by atoms with Crippen LogP contribution < -0.4 is 0 Å². The Bertz CT molecular complexity index is 459. The van der Waals surface area contributed by atoms with E-state index in [1.807, 2.05) is 7.05 Å².